The van der Waals surface area contributed by atoms with Gasteiger partial charge in [-0.05, 0) is 36.6 Å². The molecule has 1 aromatic carbocycles. The van der Waals surface area contributed by atoms with Gasteiger partial charge in [-0.25, -0.2) is 4.68 Å². The summed E-state index contributed by atoms with van der Waals surface area (Å²) >= 11 is 5.87. The van der Waals surface area contributed by atoms with Crippen LogP contribution in [0, 0.1) is 11.8 Å². The predicted octanol–water partition coefficient (Wildman–Crippen LogP) is 2.71. The Balaban J connectivity index is 1.72. The van der Waals surface area contributed by atoms with Crippen LogP contribution < -0.4 is 0 Å². The van der Waals surface area contributed by atoms with Gasteiger partial charge in [0.05, 0.1) is 23.4 Å². The van der Waals surface area contributed by atoms with Crippen molar-refractivity contribution in [1.29, 1.82) is 0 Å². The van der Waals surface area contributed by atoms with Gasteiger partial charge in [0.15, 0.2) is 0 Å². The van der Waals surface area contributed by atoms with E-state index in [1.54, 1.807) is 27.9 Å². The van der Waals surface area contributed by atoms with Crippen molar-refractivity contribution in [2.45, 2.75) is 13.3 Å². The van der Waals surface area contributed by atoms with Crippen LogP contribution in [0.25, 0.3) is 5.69 Å². The number of piperidine rings is 1. The van der Waals surface area contributed by atoms with Crippen molar-refractivity contribution < 1.29 is 14.7 Å². The van der Waals surface area contributed by atoms with Gasteiger partial charge in [0, 0.05) is 24.3 Å². The van der Waals surface area contributed by atoms with Crippen LogP contribution in [-0.4, -0.2) is 44.8 Å². The maximum atomic E-state index is 12.6. The first-order chi connectivity index (χ1) is 11.5. The number of carboxylic acid groups (broad SMARTS) is 1. The lowest BCUT2D eigenvalue weighted by atomic mass is 9.87. The van der Waals surface area contributed by atoms with Gasteiger partial charge >= 0.3 is 5.97 Å². The molecule has 1 aliphatic rings. The Morgan fingerprint density at radius 1 is 1.29 bits per heavy atom. The Morgan fingerprint density at radius 3 is 2.62 bits per heavy atom. The summed E-state index contributed by atoms with van der Waals surface area (Å²) in [4.78, 5) is 25.5. The quantitative estimate of drug-likeness (QED) is 0.926. The molecule has 2 atom stereocenters. The summed E-state index contributed by atoms with van der Waals surface area (Å²) in [5.74, 6) is -1.35. The molecule has 1 aliphatic heterocycles. The molecule has 0 aliphatic carbocycles. The molecule has 0 saturated carbocycles. The Bertz CT molecular complexity index is 757. The van der Waals surface area contributed by atoms with Gasteiger partial charge in [-0.1, -0.05) is 18.5 Å². The lowest BCUT2D eigenvalue weighted by molar-refractivity contribution is -0.145. The molecule has 1 amide bonds. The van der Waals surface area contributed by atoms with Crippen LogP contribution in [0.1, 0.15) is 23.7 Å². The standard InChI is InChI=1S/C17H18ClN3O3/c1-11-9-20(7-6-15(11)17(23)24)16(22)12-8-19-21(10-12)14-4-2-13(18)3-5-14/h2-5,8,10-11,15H,6-7,9H2,1H3,(H,23,24). The highest BCUT2D eigenvalue weighted by molar-refractivity contribution is 6.30. The molecule has 24 heavy (non-hydrogen) atoms. The maximum absolute atomic E-state index is 12.6. The number of carbonyl (C=O) groups is 2. The highest BCUT2D eigenvalue weighted by Gasteiger charge is 2.33. The molecule has 0 spiro atoms. The normalized spacial score (nSPS) is 20.8. The average molecular weight is 348 g/mol. The number of likely N-dealkylation sites (tertiary alicyclic amines) is 1. The summed E-state index contributed by atoms with van der Waals surface area (Å²) in [6.45, 7) is 2.77. The van der Waals surface area contributed by atoms with Crippen LogP contribution >= 0.6 is 11.6 Å². The van der Waals surface area contributed by atoms with E-state index in [-0.39, 0.29) is 17.7 Å². The number of nitrogens with zero attached hydrogens (tertiary/aromatic N) is 3. The smallest absolute Gasteiger partial charge is 0.306 e. The van der Waals surface area contributed by atoms with E-state index in [2.05, 4.69) is 5.10 Å². The van der Waals surface area contributed by atoms with E-state index in [0.717, 1.165) is 5.69 Å². The first-order valence-electron chi connectivity index (χ1n) is 7.78. The third-order valence-electron chi connectivity index (χ3n) is 4.43. The van der Waals surface area contributed by atoms with Crippen molar-refractivity contribution in [3.63, 3.8) is 0 Å². The van der Waals surface area contributed by atoms with Crippen molar-refractivity contribution in [2.75, 3.05) is 13.1 Å². The third kappa shape index (κ3) is 3.28. The van der Waals surface area contributed by atoms with Gasteiger partial charge in [-0.15, -0.1) is 0 Å². The topological polar surface area (TPSA) is 75.4 Å². The predicted molar refractivity (Wildman–Crippen MR) is 89.4 cm³/mol. The van der Waals surface area contributed by atoms with E-state index in [4.69, 9.17) is 11.6 Å². The molecule has 2 aromatic rings. The highest BCUT2D eigenvalue weighted by Crippen LogP contribution is 2.25. The van der Waals surface area contributed by atoms with Gasteiger partial charge in [0.1, 0.15) is 0 Å². The van der Waals surface area contributed by atoms with E-state index in [9.17, 15) is 14.7 Å². The molecule has 3 rings (SSSR count). The fraction of sp³-hybridized carbons (Fsp3) is 0.353. The lowest BCUT2D eigenvalue weighted by Crippen LogP contribution is -2.44. The molecule has 7 heteroatoms. The molecule has 1 aromatic heterocycles. The molecular weight excluding hydrogens is 330 g/mol. The fourth-order valence-electron chi connectivity index (χ4n) is 3.05. The second kappa shape index (κ2) is 6.65. The number of benzene rings is 1. The monoisotopic (exact) mass is 347 g/mol. The minimum atomic E-state index is -0.787. The molecule has 2 unspecified atom stereocenters. The molecule has 1 fully saturated rings. The number of amides is 1. The van der Waals surface area contributed by atoms with Gasteiger partial charge in [-0.2, -0.15) is 5.10 Å². The molecule has 6 nitrogen and oxygen atoms in total. The molecule has 2 heterocycles. The summed E-state index contributed by atoms with van der Waals surface area (Å²) in [5, 5.41) is 14.0. The minimum absolute atomic E-state index is 0.0634. The number of hydrogen-bond donors (Lipinski definition) is 1. The van der Waals surface area contributed by atoms with Crippen molar-refractivity contribution in [3.05, 3.63) is 47.2 Å². The van der Waals surface area contributed by atoms with Gasteiger partial charge in [-0.3, -0.25) is 9.59 Å². The van der Waals surface area contributed by atoms with Crippen molar-refractivity contribution >= 4 is 23.5 Å². The Morgan fingerprint density at radius 2 is 2.00 bits per heavy atom. The summed E-state index contributed by atoms with van der Waals surface area (Å²) in [7, 11) is 0. The van der Waals surface area contributed by atoms with E-state index in [1.165, 1.54) is 6.20 Å². The molecule has 0 radical (unpaired) electrons. The number of rotatable bonds is 3. The van der Waals surface area contributed by atoms with Crippen LogP contribution in [0.15, 0.2) is 36.7 Å². The summed E-state index contributed by atoms with van der Waals surface area (Å²) in [5.41, 5.74) is 1.31. The average Bonchev–Trinajstić information content (AvgIpc) is 3.04. The van der Waals surface area contributed by atoms with Crippen LogP contribution in [-0.2, 0) is 4.79 Å². The maximum Gasteiger partial charge on any atom is 0.306 e. The molecule has 0 bridgehead atoms. The van der Waals surface area contributed by atoms with Crippen molar-refractivity contribution in [1.82, 2.24) is 14.7 Å². The lowest BCUT2D eigenvalue weighted by Gasteiger charge is -2.34. The van der Waals surface area contributed by atoms with Gasteiger partial charge in [0.2, 0.25) is 0 Å². The summed E-state index contributed by atoms with van der Waals surface area (Å²) in [6, 6.07) is 7.17. The van der Waals surface area contributed by atoms with Crippen LogP contribution in [0.3, 0.4) is 0 Å². The summed E-state index contributed by atoms with van der Waals surface area (Å²) < 4.78 is 1.62. The number of aromatic nitrogens is 2. The second-order valence-corrected chi connectivity index (χ2v) is 6.55. The van der Waals surface area contributed by atoms with E-state index >= 15 is 0 Å². The zero-order valence-electron chi connectivity index (χ0n) is 13.2. The van der Waals surface area contributed by atoms with Crippen LogP contribution in [0.5, 0.6) is 0 Å². The zero-order chi connectivity index (χ0) is 17.3. The largest absolute Gasteiger partial charge is 0.481 e. The van der Waals surface area contributed by atoms with Crippen LogP contribution in [0.2, 0.25) is 5.02 Å². The van der Waals surface area contributed by atoms with Gasteiger partial charge < -0.3 is 10.0 Å². The zero-order valence-corrected chi connectivity index (χ0v) is 14.0. The second-order valence-electron chi connectivity index (χ2n) is 6.11. The number of aliphatic carboxylic acids is 1. The molecule has 1 N–H and O–H groups in total. The molecule has 126 valence electrons. The number of hydrogen-bond acceptors (Lipinski definition) is 3. The van der Waals surface area contributed by atoms with Crippen LogP contribution in [0.4, 0.5) is 0 Å². The number of carbonyl (C=O) groups excluding carboxylic acids is 1. The van der Waals surface area contributed by atoms with Crippen molar-refractivity contribution in [3.8, 4) is 5.69 Å². The van der Waals surface area contributed by atoms with Crippen molar-refractivity contribution in [2.24, 2.45) is 11.8 Å². The fourth-order valence-corrected chi connectivity index (χ4v) is 3.17. The first kappa shape index (κ1) is 16.5. The number of halogens is 1. The Labute approximate surface area is 144 Å². The van der Waals surface area contributed by atoms with E-state index in [1.807, 2.05) is 19.1 Å². The Kier molecular flexibility index (Phi) is 4.57. The SMILES string of the molecule is CC1CN(C(=O)c2cnn(-c3ccc(Cl)cc3)c2)CCC1C(=O)O. The summed E-state index contributed by atoms with van der Waals surface area (Å²) in [6.07, 6.45) is 3.69. The Hall–Kier alpha value is -2.34. The first-order valence-corrected chi connectivity index (χ1v) is 8.16. The molecule has 1 saturated heterocycles. The minimum Gasteiger partial charge on any atom is -0.481 e. The highest BCUT2D eigenvalue weighted by atomic mass is 35.5. The third-order valence-corrected chi connectivity index (χ3v) is 4.68. The number of carboxylic acids is 1. The molecular formula is C17H18ClN3O3. The van der Waals surface area contributed by atoms with E-state index < -0.39 is 5.97 Å². The van der Waals surface area contributed by atoms with Gasteiger partial charge in [0.25, 0.3) is 5.91 Å². The van der Waals surface area contributed by atoms with E-state index in [0.29, 0.717) is 30.1 Å².